The van der Waals surface area contributed by atoms with Crippen molar-refractivity contribution in [1.29, 1.82) is 0 Å². The van der Waals surface area contributed by atoms with Gasteiger partial charge in [0.15, 0.2) is 0 Å². The summed E-state index contributed by atoms with van der Waals surface area (Å²) in [7, 11) is 1.75. The van der Waals surface area contributed by atoms with E-state index in [2.05, 4.69) is 38.0 Å². The Morgan fingerprint density at radius 1 is 1.56 bits per heavy atom. The smallest absolute Gasteiger partial charge is 0.125 e. The monoisotopic (exact) mass is 242 g/mol. The molecular weight excluding hydrogens is 220 g/mol. The van der Waals surface area contributed by atoms with Crippen LogP contribution in [0.4, 0.5) is 0 Å². The van der Waals surface area contributed by atoms with E-state index in [1.54, 1.807) is 18.4 Å². The van der Waals surface area contributed by atoms with Gasteiger partial charge in [-0.05, 0) is 13.3 Å². The van der Waals surface area contributed by atoms with E-state index in [-0.39, 0.29) is 5.60 Å². The van der Waals surface area contributed by atoms with Gasteiger partial charge < -0.3 is 10.1 Å². The molecule has 0 aromatic carbocycles. The molecule has 1 rings (SSSR count). The van der Waals surface area contributed by atoms with Gasteiger partial charge in [-0.25, -0.2) is 4.98 Å². The highest BCUT2D eigenvalue weighted by Crippen LogP contribution is 2.31. The summed E-state index contributed by atoms with van der Waals surface area (Å²) in [6.07, 6.45) is 2.89. The number of nitrogens with one attached hydrogen (secondary N) is 1. The van der Waals surface area contributed by atoms with E-state index in [0.29, 0.717) is 6.04 Å². The van der Waals surface area contributed by atoms with Gasteiger partial charge in [0.05, 0.1) is 0 Å². The van der Waals surface area contributed by atoms with E-state index in [9.17, 15) is 0 Å². The molecule has 0 aliphatic rings. The van der Waals surface area contributed by atoms with E-state index in [1.807, 2.05) is 6.20 Å². The first-order chi connectivity index (χ1) is 7.51. The molecule has 3 nitrogen and oxygen atoms in total. The lowest BCUT2D eigenvalue weighted by Crippen LogP contribution is -2.22. The third-order valence-corrected chi connectivity index (χ3v) is 4.06. The molecule has 0 saturated heterocycles. The second-order valence-electron chi connectivity index (χ2n) is 4.46. The van der Waals surface area contributed by atoms with Crippen molar-refractivity contribution in [1.82, 2.24) is 10.3 Å². The van der Waals surface area contributed by atoms with Crippen molar-refractivity contribution < 1.29 is 4.74 Å². The van der Waals surface area contributed by atoms with Crippen LogP contribution in [0.25, 0.3) is 0 Å². The van der Waals surface area contributed by atoms with Gasteiger partial charge in [-0.2, -0.15) is 0 Å². The average Bonchev–Trinajstić information content (AvgIpc) is 2.74. The molecule has 0 amide bonds. The first-order valence-electron chi connectivity index (χ1n) is 5.75. The van der Waals surface area contributed by atoms with Crippen LogP contribution in [0.2, 0.25) is 0 Å². The Balaban J connectivity index is 2.70. The summed E-state index contributed by atoms with van der Waals surface area (Å²) in [5.41, 5.74) is -0.235. The van der Waals surface area contributed by atoms with Crippen LogP contribution in [0.1, 0.15) is 44.0 Å². The third kappa shape index (κ3) is 3.27. The summed E-state index contributed by atoms with van der Waals surface area (Å²) in [4.78, 5) is 5.73. The highest BCUT2D eigenvalue weighted by atomic mass is 32.1. The number of rotatable bonds is 6. The van der Waals surface area contributed by atoms with Gasteiger partial charge in [-0.3, -0.25) is 0 Å². The Morgan fingerprint density at radius 2 is 2.25 bits per heavy atom. The summed E-state index contributed by atoms with van der Waals surface area (Å²) in [5, 5.41) is 4.46. The lowest BCUT2D eigenvalue weighted by Gasteiger charge is -2.23. The number of ether oxygens (including phenoxy) is 1. The average molecular weight is 242 g/mol. The lowest BCUT2D eigenvalue weighted by atomic mass is 10.1. The molecular formula is C12H22N2OS. The van der Waals surface area contributed by atoms with Gasteiger partial charge in [0.1, 0.15) is 10.6 Å². The Morgan fingerprint density at radius 3 is 2.75 bits per heavy atom. The fourth-order valence-corrected chi connectivity index (χ4v) is 2.38. The van der Waals surface area contributed by atoms with Crippen LogP contribution in [0.3, 0.4) is 0 Å². The minimum Gasteiger partial charge on any atom is -0.371 e. The SMILES string of the molecule is CCC(C)(OC)c1ncc(CNC(C)C)s1. The zero-order chi connectivity index (χ0) is 12.2. The molecule has 0 bridgehead atoms. The van der Waals surface area contributed by atoms with Crippen LogP contribution in [-0.4, -0.2) is 18.1 Å². The van der Waals surface area contributed by atoms with Crippen molar-refractivity contribution in [3.63, 3.8) is 0 Å². The van der Waals surface area contributed by atoms with Crippen molar-refractivity contribution in [3.05, 3.63) is 16.1 Å². The van der Waals surface area contributed by atoms with E-state index >= 15 is 0 Å². The van der Waals surface area contributed by atoms with Crippen LogP contribution in [0.5, 0.6) is 0 Å². The molecule has 1 unspecified atom stereocenters. The zero-order valence-electron chi connectivity index (χ0n) is 10.8. The molecule has 0 aliphatic heterocycles. The highest BCUT2D eigenvalue weighted by molar-refractivity contribution is 7.11. The quantitative estimate of drug-likeness (QED) is 0.833. The molecule has 0 saturated carbocycles. The summed E-state index contributed by atoms with van der Waals surface area (Å²) in [6.45, 7) is 9.39. The Bertz CT molecular complexity index is 319. The Hall–Kier alpha value is -0.450. The number of thiazole rings is 1. The first-order valence-corrected chi connectivity index (χ1v) is 6.57. The number of aromatic nitrogens is 1. The molecule has 92 valence electrons. The maximum Gasteiger partial charge on any atom is 0.125 e. The van der Waals surface area contributed by atoms with Crippen LogP contribution >= 0.6 is 11.3 Å². The van der Waals surface area contributed by atoms with Crippen LogP contribution in [-0.2, 0) is 16.9 Å². The number of hydrogen-bond donors (Lipinski definition) is 1. The molecule has 1 aromatic heterocycles. The van der Waals surface area contributed by atoms with Crippen molar-refractivity contribution in [3.8, 4) is 0 Å². The maximum absolute atomic E-state index is 5.54. The van der Waals surface area contributed by atoms with E-state index in [1.165, 1.54) is 4.88 Å². The van der Waals surface area contributed by atoms with E-state index in [4.69, 9.17) is 4.74 Å². The fourth-order valence-electron chi connectivity index (χ4n) is 1.32. The fraction of sp³-hybridized carbons (Fsp3) is 0.750. The number of nitrogens with zero attached hydrogens (tertiary/aromatic N) is 1. The standard InChI is InChI=1S/C12H22N2OS/c1-6-12(4,15-5)11-14-8-10(16-11)7-13-9(2)3/h8-9,13H,6-7H2,1-5H3. The number of methoxy groups -OCH3 is 1. The molecule has 0 radical (unpaired) electrons. The highest BCUT2D eigenvalue weighted by Gasteiger charge is 2.27. The molecule has 1 N–H and O–H groups in total. The Labute approximate surface area is 102 Å². The molecule has 1 aromatic rings. The normalized spacial score (nSPS) is 15.4. The number of hydrogen-bond acceptors (Lipinski definition) is 4. The van der Waals surface area contributed by atoms with Crippen LogP contribution in [0, 0.1) is 0 Å². The van der Waals surface area contributed by atoms with Crippen molar-refractivity contribution >= 4 is 11.3 Å². The van der Waals surface area contributed by atoms with Crippen LogP contribution < -0.4 is 5.32 Å². The second kappa shape index (κ2) is 5.75. The Kier molecular flexibility index (Phi) is 4.89. The van der Waals surface area contributed by atoms with Gasteiger partial charge in [0, 0.05) is 30.8 Å². The van der Waals surface area contributed by atoms with Gasteiger partial charge in [-0.1, -0.05) is 20.8 Å². The van der Waals surface area contributed by atoms with Crippen LogP contribution in [0.15, 0.2) is 6.20 Å². The molecule has 0 aliphatic carbocycles. The van der Waals surface area contributed by atoms with Gasteiger partial charge in [-0.15, -0.1) is 11.3 Å². The molecule has 1 atom stereocenters. The third-order valence-electron chi connectivity index (χ3n) is 2.82. The predicted octanol–water partition coefficient (Wildman–Crippen LogP) is 2.91. The summed E-state index contributed by atoms with van der Waals surface area (Å²) >= 11 is 1.73. The second-order valence-corrected chi connectivity index (χ2v) is 5.57. The van der Waals surface area contributed by atoms with Crippen molar-refractivity contribution in [2.75, 3.05) is 7.11 Å². The largest absolute Gasteiger partial charge is 0.371 e. The molecule has 16 heavy (non-hydrogen) atoms. The molecule has 0 spiro atoms. The molecule has 1 heterocycles. The molecule has 4 heteroatoms. The van der Waals surface area contributed by atoms with Crippen molar-refractivity contribution in [2.45, 2.75) is 52.3 Å². The van der Waals surface area contributed by atoms with Gasteiger partial charge in [0.2, 0.25) is 0 Å². The van der Waals surface area contributed by atoms with Gasteiger partial charge >= 0.3 is 0 Å². The first kappa shape index (κ1) is 13.6. The minimum absolute atomic E-state index is 0.235. The summed E-state index contributed by atoms with van der Waals surface area (Å²) in [5.74, 6) is 0. The zero-order valence-corrected chi connectivity index (χ0v) is 11.6. The van der Waals surface area contributed by atoms with Crippen molar-refractivity contribution in [2.24, 2.45) is 0 Å². The summed E-state index contributed by atoms with van der Waals surface area (Å²) < 4.78 is 5.54. The van der Waals surface area contributed by atoms with E-state index < -0.39 is 0 Å². The molecule has 0 fully saturated rings. The van der Waals surface area contributed by atoms with Gasteiger partial charge in [0.25, 0.3) is 0 Å². The predicted molar refractivity (Wildman–Crippen MR) is 68.7 cm³/mol. The maximum atomic E-state index is 5.54. The minimum atomic E-state index is -0.235. The van der Waals surface area contributed by atoms with E-state index in [0.717, 1.165) is 18.0 Å². The topological polar surface area (TPSA) is 34.1 Å². The lowest BCUT2D eigenvalue weighted by molar-refractivity contribution is -0.00156. The summed E-state index contributed by atoms with van der Waals surface area (Å²) in [6, 6.07) is 0.505.